The first-order chi connectivity index (χ1) is 6.66. The van der Waals surface area contributed by atoms with E-state index in [0.29, 0.717) is 25.6 Å². The molecule has 0 unspecified atom stereocenters. The van der Waals surface area contributed by atoms with Crippen LogP contribution >= 0.6 is 0 Å². The summed E-state index contributed by atoms with van der Waals surface area (Å²) >= 11 is 0. The zero-order valence-corrected chi connectivity index (χ0v) is 9.43. The normalized spacial score (nSPS) is 10.3. The van der Waals surface area contributed by atoms with Gasteiger partial charge in [-0.05, 0) is 12.3 Å². The molecule has 0 heterocycles. The Morgan fingerprint density at radius 2 is 2.00 bits per heavy atom. The van der Waals surface area contributed by atoms with Crippen molar-refractivity contribution < 1.29 is 9.53 Å². The van der Waals surface area contributed by atoms with E-state index in [1.165, 1.54) is 0 Å². The Labute approximate surface area is 86.4 Å². The highest BCUT2D eigenvalue weighted by Gasteiger charge is 1.99. The molecule has 0 saturated heterocycles. The molecule has 0 aliphatic carbocycles. The van der Waals surface area contributed by atoms with Crippen LogP contribution < -0.4 is 10.6 Å². The molecule has 0 aliphatic heterocycles. The molecule has 4 nitrogen and oxygen atoms in total. The third kappa shape index (κ3) is 9.32. The van der Waals surface area contributed by atoms with Gasteiger partial charge in [0.05, 0.1) is 6.61 Å². The zero-order chi connectivity index (χ0) is 10.8. The van der Waals surface area contributed by atoms with E-state index in [2.05, 4.69) is 31.4 Å². The average Bonchev–Trinajstić information content (AvgIpc) is 2.14. The maximum absolute atomic E-state index is 11.1. The van der Waals surface area contributed by atoms with E-state index in [-0.39, 0.29) is 6.03 Å². The molecule has 0 saturated carbocycles. The first-order valence-electron chi connectivity index (χ1n) is 5.26. The number of amides is 2. The Hall–Kier alpha value is -0.770. The summed E-state index contributed by atoms with van der Waals surface area (Å²) in [7, 11) is 0. The number of nitrogens with one attached hydrogen (secondary N) is 2. The number of carbonyl (C=O) groups is 1. The van der Waals surface area contributed by atoms with Crippen LogP contribution in [-0.4, -0.2) is 32.3 Å². The molecule has 0 aliphatic rings. The molecule has 2 N–H and O–H groups in total. The smallest absolute Gasteiger partial charge is 0.314 e. The molecule has 2 amide bonds. The monoisotopic (exact) mass is 202 g/mol. The summed E-state index contributed by atoms with van der Waals surface area (Å²) in [6, 6.07) is -0.112. The van der Waals surface area contributed by atoms with Crippen LogP contribution in [0.3, 0.4) is 0 Å². The van der Waals surface area contributed by atoms with Crippen molar-refractivity contribution in [1.82, 2.24) is 10.6 Å². The van der Waals surface area contributed by atoms with Crippen LogP contribution in [0.2, 0.25) is 0 Å². The molecular formula is C10H22N2O2. The van der Waals surface area contributed by atoms with Gasteiger partial charge in [0.15, 0.2) is 0 Å². The van der Waals surface area contributed by atoms with Gasteiger partial charge in [-0.25, -0.2) is 4.79 Å². The molecule has 0 aromatic rings. The molecule has 14 heavy (non-hydrogen) atoms. The standard InChI is InChI=1S/C10H22N2O2/c1-4-6-14-7-5-11-10(13)12-8-9(2)3/h9H,4-8H2,1-3H3,(H2,11,12,13). The van der Waals surface area contributed by atoms with Gasteiger partial charge in [-0.3, -0.25) is 0 Å². The summed E-state index contributed by atoms with van der Waals surface area (Å²) in [6.07, 6.45) is 1.01. The zero-order valence-electron chi connectivity index (χ0n) is 9.43. The molecule has 84 valence electrons. The Morgan fingerprint density at radius 1 is 1.29 bits per heavy atom. The van der Waals surface area contributed by atoms with Crippen molar-refractivity contribution in [2.75, 3.05) is 26.3 Å². The minimum absolute atomic E-state index is 0.112. The van der Waals surface area contributed by atoms with Crippen LogP contribution in [-0.2, 0) is 4.74 Å². The third-order valence-electron chi connectivity index (χ3n) is 1.55. The van der Waals surface area contributed by atoms with Gasteiger partial charge >= 0.3 is 6.03 Å². The van der Waals surface area contributed by atoms with E-state index < -0.39 is 0 Å². The fourth-order valence-corrected chi connectivity index (χ4v) is 0.842. The lowest BCUT2D eigenvalue weighted by Crippen LogP contribution is -2.38. The van der Waals surface area contributed by atoms with Crippen LogP contribution in [0.1, 0.15) is 27.2 Å². The summed E-state index contributed by atoms with van der Waals surface area (Å²) in [4.78, 5) is 11.1. The maximum Gasteiger partial charge on any atom is 0.314 e. The maximum atomic E-state index is 11.1. The van der Waals surface area contributed by atoms with E-state index in [9.17, 15) is 4.79 Å². The summed E-state index contributed by atoms with van der Waals surface area (Å²) in [6.45, 7) is 8.81. The molecule has 0 radical (unpaired) electrons. The van der Waals surface area contributed by atoms with Crippen LogP contribution in [0.15, 0.2) is 0 Å². The lowest BCUT2D eigenvalue weighted by atomic mass is 10.2. The lowest BCUT2D eigenvalue weighted by Gasteiger charge is -2.09. The molecule has 0 bridgehead atoms. The highest BCUT2D eigenvalue weighted by atomic mass is 16.5. The Kier molecular flexibility index (Phi) is 8.33. The van der Waals surface area contributed by atoms with Crippen molar-refractivity contribution >= 4 is 6.03 Å². The van der Waals surface area contributed by atoms with Crippen molar-refractivity contribution in [3.05, 3.63) is 0 Å². The van der Waals surface area contributed by atoms with Crippen LogP contribution in [0.25, 0.3) is 0 Å². The van der Waals surface area contributed by atoms with E-state index in [0.717, 1.165) is 13.0 Å². The fourth-order valence-electron chi connectivity index (χ4n) is 0.842. The minimum atomic E-state index is -0.112. The number of carbonyl (C=O) groups excluding carboxylic acids is 1. The van der Waals surface area contributed by atoms with Gasteiger partial charge < -0.3 is 15.4 Å². The number of urea groups is 1. The lowest BCUT2D eigenvalue weighted by molar-refractivity contribution is 0.137. The van der Waals surface area contributed by atoms with Gasteiger partial charge in [0.2, 0.25) is 0 Å². The van der Waals surface area contributed by atoms with Gasteiger partial charge in [0, 0.05) is 19.7 Å². The predicted molar refractivity (Wildman–Crippen MR) is 57.3 cm³/mol. The molecule has 0 atom stereocenters. The quantitative estimate of drug-likeness (QED) is 0.613. The van der Waals surface area contributed by atoms with Crippen molar-refractivity contribution in [1.29, 1.82) is 0 Å². The molecule has 0 fully saturated rings. The number of ether oxygens (including phenoxy) is 1. The molecule has 0 aromatic heterocycles. The third-order valence-corrected chi connectivity index (χ3v) is 1.55. The second kappa shape index (κ2) is 8.81. The van der Waals surface area contributed by atoms with Gasteiger partial charge in [-0.1, -0.05) is 20.8 Å². The number of rotatable bonds is 7. The first-order valence-corrected chi connectivity index (χ1v) is 5.26. The summed E-state index contributed by atoms with van der Waals surface area (Å²) in [5.41, 5.74) is 0. The number of hydrogen-bond donors (Lipinski definition) is 2. The Bertz CT molecular complexity index is 149. The van der Waals surface area contributed by atoms with Crippen LogP contribution in [0.4, 0.5) is 4.79 Å². The van der Waals surface area contributed by atoms with E-state index in [1.54, 1.807) is 0 Å². The highest BCUT2D eigenvalue weighted by molar-refractivity contribution is 5.73. The largest absolute Gasteiger partial charge is 0.380 e. The predicted octanol–water partition coefficient (Wildman–Crippen LogP) is 1.37. The van der Waals surface area contributed by atoms with Crippen molar-refractivity contribution in [3.63, 3.8) is 0 Å². The van der Waals surface area contributed by atoms with Gasteiger partial charge in [0.1, 0.15) is 0 Å². The average molecular weight is 202 g/mol. The SMILES string of the molecule is CCCOCCNC(=O)NCC(C)C. The van der Waals surface area contributed by atoms with Crippen LogP contribution in [0.5, 0.6) is 0 Å². The second-order valence-corrected chi connectivity index (χ2v) is 3.64. The summed E-state index contributed by atoms with van der Waals surface area (Å²) in [5, 5.41) is 5.49. The van der Waals surface area contributed by atoms with Gasteiger partial charge in [-0.15, -0.1) is 0 Å². The molecule has 0 spiro atoms. The van der Waals surface area contributed by atoms with Crippen molar-refractivity contribution in [2.24, 2.45) is 5.92 Å². The van der Waals surface area contributed by atoms with Gasteiger partial charge in [0.25, 0.3) is 0 Å². The number of hydrogen-bond acceptors (Lipinski definition) is 2. The second-order valence-electron chi connectivity index (χ2n) is 3.64. The van der Waals surface area contributed by atoms with Crippen molar-refractivity contribution in [2.45, 2.75) is 27.2 Å². The first kappa shape index (κ1) is 13.2. The molecule has 4 heteroatoms. The van der Waals surface area contributed by atoms with E-state index in [4.69, 9.17) is 4.74 Å². The van der Waals surface area contributed by atoms with E-state index in [1.807, 2.05) is 0 Å². The fraction of sp³-hybridized carbons (Fsp3) is 0.900. The molecule has 0 rings (SSSR count). The van der Waals surface area contributed by atoms with Gasteiger partial charge in [-0.2, -0.15) is 0 Å². The van der Waals surface area contributed by atoms with Crippen LogP contribution in [0, 0.1) is 5.92 Å². The van der Waals surface area contributed by atoms with E-state index >= 15 is 0 Å². The topological polar surface area (TPSA) is 50.4 Å². The molecule has 0 aromatic carbocycles. The Balaban J connectivity index is 3.18. The summed E-state index contributed by atoms with van der Waals surface area (Å²) in [5.74, 6) is 0.483. The molecular weight excluding hydrogens is 180 g/mol. The Morgan fingerprint density at radius 3 is 2.57 bits per heavy atom. The minimum Gasteiger partial charge on any atom is -0.380 e. The van der Waals surface area contributed by atoms with Crippen molar-refractivity contribution in [3.8, 4) is 0 Å². The highest BCUT2D eigenvalue weighted by Crippen LogP contribution is 1.86. The summed E-state index contributed by atoms with van der Waals surface area (Å²) < 4.78 is 5.22.